The minimum absolute atomic E-state index is 0.00551. The summed E-state index contributed by atoms with van der Waals surface area (Å²) in [6, 6.07) is 0. The fraction of sp³-hybridized carbons (Fsp3) is 0.818. The second-order valence-corrected chi connectivity index (χ2v) is 3.46. The molecule has 0 aromatic carbocycles. The lowest BCUT2D eigenvalue weighted by atomic mass is 9.93. The van der Waals surface area contributed by atoms with E-state index in [2.05, 4.69) is 6.92 Å². The highest BCUT2D eigenvalue weighted by molar-refractivity contribution is 5.82. The molecule has 0 heterocycles. The van der Waals surface area contributed by atoms with Gasteiger partial charge < -0.3 is 4.79 Å². The van der Waals surface area contributed by atoms with Crippen LogP contribution in [0.4, 0.5) is 0 Å². The summed E-state index contributed by atoms with van der Waals surface area (Å²) in [5.74, 6) is 0.268. The zero-order valence-corrected chi connectivity index (χ0v) is 8.71. The van der Waals surface area contributed by atoms with Crippen LogP contribution in [-0.4, -0.2) is 12.1 Å². The summed E-state index contributed by atoms with van der Waals surface area (Å²) >= 11 is 0. The van der Waals surface area contributed by atoms with E-state index in [1.807, 2.05) is 6.92 Å². The van der Waals surface area contributed by atoms with Gasteiger partial charge in [0.05, 0.1) is 0 Å². The van der Waals surface area contributed by atoms with Gasteiger partial charge in [-0.1, -0.05) is 26.7 Å². The molecule has 0 bridgehead atoms. The first-order chi connectivity index (χ1) is 6.26. The van der Waals surface area contributed by atoms with E-state index in [1.165, 1.54) is 0 Å². The molecular formula is C11H20O2. The monoisotopic (exact) mass is 184 g/mol. The third kappa shape index (κ3) is 5.56. The van der Waals surface area contributed by atoms with Gasteiger partial charge in [0.15, 0.2) is 0 Å². The van der Waals surface area contributed by atoms with Gasteiger partial charge in [-0.3, -0.25) is 4.79 Å². The SMILES string of the molecule is CCCCC(=O)C(CC=O)CCC. The molecule has 0 fully saturated rings. The largest absolute Gasteiger partial charge is 0.303 e. The van der Waals surface area contributed by atoms with Gasteiger partial charge in [-0.15, -0.1) is 0 Å². The summed E-state index contributed by atoms with van der Waals surface area (Å²) in [5.41, 5.74) is 0. The molecule has 1 atom stereocenters. The Bertz CT molecular complexity index is 152. The lowest BCUT2D eigenvalue weighted by Crippen LogP contribution is -2.14. The van der Waals surface area contributed by atoms with Gasteiger partial charge in [0.2, 0.25) is 0 Å². The fourth-order valence-corrected chi connectivity index (χ4v) is 1.43. The zero-order chi connectivity index (χ0) is 10.1. The maximum atomic E-state index is 11.5. The Morgan fingerprint density at radius 2 is 2.00 bits per heavy atom. The van der Waals surface area contributed by atoms with Gasteiger partial charge in [0, 0.05) is 18.8 Å². The molecule has 0 aromatic heterocycles. The number of carbonyl (C=O) groups is 2. The first kappa shape index (κ1) is 12.3. The van der Waals surface area contributed by atoms with Crippen LogP contribution in [0.1, 0.15) is 52.4 Å². The lowest BCUT2D eigenvalue weighted by Gasteiger charge is -2.10. The Morgan fingerprint density at radius 3 is 2.46 bits per heavy atom. The molecule has 13 heavy (non-hydrogen) atoms. The van der Waals surface area contributed by atoms with E-state index >= 15 is 0 Å². The van der Waals surface area contributed by atoms with Crippen LogP contribution in [-0.2, 0) is 9.59 Å². The Hall–Kier alpha value is -0.660. The van der Waals surface area contributed by atoms with E-state index in [4.69, 9.17) is 0 Å². The topological polar surface area (TPSA) is 34.1 Å². The standard InChI is InChI=1S/C11H20O2/c1-3-5-7-11(13)10(6-4-2)8-9-12/h9-10H,3-8H2,1-2H3. The van der Waals surface area contributed by atoms with Crippen LogP contribution in [0.25, 0.3) is 0 Å². The summed E-state index contributed by atoms with van der Waals surface area (Å²) in [5, 5.41) is 0. The number of aldehydes is 1. The van der Waals surface area contributed by atoms with Crippen molar-refractivity contribution in [3.63, 3.8) is 0 Å². The molecule has 0 rings (SSSR count). The molecule has 2 heteroatoms. The van der Waals surface area contributed by atoms with E-state index < -0.39 is 0 Å². The van der Waals surface area contributed by atoms with Crippen molar-refractivity contribution in [1.82, 2.24) is 0 Å². The maximum absolute atomic E-state index is 11.5. The Kier molecular flexibility index (Phi) is 7.56. The van der Waals surface area contributed by atoms with Gasteiger partial charge >= 0.3 is 0 Å². The van der Waals surface area contributed by atoms with Crippen molar-refractivity contribution < 1.29 is 9.59 Å². The van der Waals surface area contributed by atoms with Crippen LogP contribution in [0, 0.1) is 5.92 Å². The van der Waals surface area contributed by atoms with Crippen LogP contribution in [0.5, 0.6) is 0 Å². The van der Waals surface area contributed by atoms with Gasteiger partial charge in [0.25, 0.3) is 0 Å². The van der Waals surface area contributed by atoms with E-state index in [9.17, 15) is 9.59 Å². The molecule has 2 nitrogen and oxygen atoms in total. The summed E-state index contributed by atoms with van der Waals surface area (Å²) < 4.78 is 0. The molecule has 76 valence electrons. The highest BCUT2D eigenvalue weighted by Gasteiger charge is 2.15. The van der Waals surface area contributed by atoms with Crippen molar-refractivity contribution in [2.75, 3.05) is 0 Å². The fourth-order valence-electron chi connectivity index (χ4n) is 1.43. The number of hydrogen-bond acceptors (Lipinski definition) is 2. The van der Waals surface area contributed by atoms with Gasteiger partial charge in [-0.25, -0.2) is 0 Å². The average Bonchev–Trinajstić information content (AvgIpc) is 2.14. The average molecular weight is 184 g/mol. The molecule has 0 aliphatic rings. The third-order valence-corrected chi connectivity index (χ3v) is 2.25. The van der Waals surface area contributed by atoms with Gasteiger partial charge in [-0.05, 0) is 12.8 Å². The Labute approximate surface area is 80.7 Å². The van der Waals surface area contributed by atoms with Crippen LogP contribution in [0.15, 0.2) is 0 Å². The van der Waals surface area contributed by atoms with Crippen molar-refractivity contribution in [2.24, 2.45) is 5.92 Å². The van der Waals surface area contributed by atoms with Crippen molar-refractivity contribution in [2.45, 2.75) is 52.4 Å². The van der Waals surface area contributed by atoms with E-state index in [1.54, 1.807) is 0 Å². The number of carbonyl (C=O) groups excluding carboxylic acids is 2. The van der Waals surface area contributed by atoms with Crippen molar-refractivity contribution in [3.05, 3.63) is 0 Å². The van der Waals surface area contributed by atoms with Crippen LogP contribution in [0.2, 0.25) is 0 Å². The highest BCUT2D eigenvalue weighted by Crippen LogP contribution is 2.14. The first-order valence-electron chi connectivity index (χ1n) is 5.22. The Morgan fingerprint density at radius 1 is 1.31 bits per heavy atom. The first-order valence-corrected chi connectivity index (χ1v) is 5.22. The zero-order valence-electron chi connectivity index (χ0n) is 8.71. The van der Waals surface area contributed by atoms with E-state index in [0.29, 0.717) is 12.8 Å². The molecule has 1 unspecified atom stereocenters. The van der Waals surface area contributed by atoms with Crippen LogP contribution >= 0.6 is 0 Å². The number of hydrogen-bond donors (Lipinski definition) is 0. The second kappa shape index (κ2) is 7.96. The molecule has 0 spiro atoms. The van der Waals surface area contributed by atoms with Gasteiger partial charge in [-0.2, -0.15) is 0 Å². The van der Waals surface area contributed by atoms with Crippen molar-refractivity contribution >= 4 is 12.1 Å². The lowest BCUT2D eigenvalue weighted by molar-refractivity contribution is -0.125. The number of Topliss-reactive ketones (excluding diaryl/α,β-unsaturated/α-hetero) is 1. The molecule has 0 amide bonds. The molecule has 0 aliphatic heterocycles. The Balaban J connectivity index is 3.87. The molecule has 0 saturated heterocycles. The van der Waals surface area contributed by atoms with Gasteiger partial charge in [0.1, 0.15) is 12.1 Å². The number of rotatable bonds is 8. The van der Waals surface area contributed by atoms with Crippen molar-refractivity contribution in [3.8, 4) is 0 Å². The minimum atomic E-state index is -0.00551. The number of ketones is 1. The predicted molar refractivity (Wildman–Crippen MR) is 53.6 cm³/mol. The summed E-state index contributed by atoms with van der Waals surface area (Å²) in [6.07, 6.45) is 5.77. The van der Waals surface area contributed by atoms with E-state index in [-0.39, 0.29) is 11.7 Å². The van der Waals surface area contributed by atoms with Crippen LogP contribution in [0.3, 0.4) is 0 Å². The third-order valence-electron chi connectivity index (χ3n) is 2.25. The quantitative estimate of drug-likeness (QED) is 0.543. The smallest absolute Gasteiger partial charge is 0.136 e. The maximum Gasteiger partial charge on any atom is 0.136 e. The number of unbranched alkanes of at least 4 members (excludes halogenated alkanes) is 1. The summed E-state index contributed by atoms with van der Waals surface area (Å²) in [4.78, 5) is 21.8. The normalized spacial score (nSPS) is 12.5. The minimum Gasteiger partial charge on any atom is -0.303 e. The molecule has 0 aromatic rings. The summed E-state index contributed by atoms with van der Waals surface area (Å²) in [7, 11) is 0. The second-order valence-electron chi connectivity index (χ2n) is 3.46. The summed E-state index contributed by atoms with van der Waals surface area (Å²) in [6.45, 7) is 4.12. The molecule has 0 radical (unpaired) electrons. The predicted octanol–water partition coefficient (Wildman–Crippen LogP) is 2.75. The molecule has 0 aliphatic carbocycles. The molecule has 0 N–H and O–H groups in total. The van der Waals surface area contributed by atoms with Crippen LogP contribution < -0.4 is 0 Å². The van der Waals surface area contributed by atoms with Crippen molar-refractivity contribution in [1.29, 1.82) is 0 Å². The highest BCUT2D eigenvalue weighted by atomic mass is 16.1. The van der Waals surface area contributed by atoms with E-state index in [0.717, 1.165) is 32.0 Å². The molecule has 0 saturated carbocycles. The molecular weight excluding hydrogens is 164 g/mol.